The molecule has 0 saturated heterocycles. The number of hydrogen-bond donors (Lipinski definition) is 0. The van der Waals surface area contributed by atoms with Crippen LogP contribution in [0.15, 0.2) is 36.4 Å². The molecule has 0 aliphatic rings. The molecule has 0 heterocycles. The molecular formula is C23H32OSe. The van der Waals surface area contributed by atoms with Crippen molar-refractivity contribution in [3.8, 4) is 5.75 Å². The summed E-state index contributed by atoms with van der Waals surface area (Å²) in [6, 6.07) is 13.5. The van der Waals surface area contributed by atoms with Crippen LogP contribution in [0.5, 0.6) is 5.75 Å². The first-order chi connectivity index (χ1) is 11.8. The third kappa shape index (κ3) is 5.12. The van der Waals surface area contributed by atoms with E-state index in [4.69, 9.17) is 4.74 Å². The molecule has 136 valence electrons. The second kappa shape index (κ2) is 8.92. The summed E-state index contributed by atoms with van der Waals surface area (Å²) in [5.41, 5.74) is 6.00. The van der Waals surface area contributed by atoms with Crippen LogP contribution in [-0.2, 0) is 5.32 Å². The Balaban J connectivity index is 2.36. The second-order valence-corrected chi connectivity index (χ2v) is 9.70. The van der Waals surface area contributed by atoms with Crippen molar-refractivity contribution >= 4 is 19.4 Å². The summed E-state index contributed by atoms with van der Waals surface area (Å²) in [7, 11) is 1.72. The van der Waals surface area contributed by atoms with Gasteiger partial charge in [-0.2, -0.15) is 0 Å². The quantitative estimate of drug-likeness (QED) is 0.547. The van der Waals surface area contributed by atoms with Crippen molar-refractivity contribution in [3.63, 3.8) is 0 Å². The summed E-state index contributed by atoms with van der Waals surface area (Å²) < 4.78 is 6.90. The topological polar surface area (TPSA) is 9.23 Å². The molecule has 0 amide bonds. The normalized spacial score (nSPS) is 11.6. The number of methoxy groups -OCH3 is 1. The molecule has 0 radical (unpaired) electrons. The van der Waals surface area contributed by atoms with Crippen molar-refractivity contribution in [2.75, 3.05) is 7.11 Å². The Morgan fingerprint density at radius 1 is 0.800 bits per heavy atom. The van der Waals surface area contributed by atoms with Crippen molar-refractivity contribution in [1.82, 2.24) is 0 Å². The molecule has 0 N–H and O–H groups in total. The molecular weight excluding hydrogens is 371 g/mol. The van der Waals surface area contributed by atoms with Crippen LogP contribution >= 0.6 is 0 Å². The van der Waals surface area contributed by atoms with Gasteiger partial charge in [0.25, 0.3) is 0 Å². The third-order valence-corrected chi connectivity index (χ3v) is 7.22. The van der Waals surface area contributed by atoms with E-state index in [0.717, 1.165) is 11.1 Å². The van der Waals surface area contributed by atoms with Crippen LogP contribution in [0.3, 0.4) is 0 Å². The van der Waals surface area contributed by atoms with Crippen molar-refractivity contribution in [1.29, 1.82) is 0 Å². The summed E-state index contributed by atoms with van der Waals surface area (Å²) in [4.78, 5) is 0. The van der Waals surface area contributed by atoms with Gasteiger partial charge in [0.2, 0.25) is 0 Å². The van der Waals surface area contributed by atoms with Gasteiger partial charge in [-0.1, -0.05) is 0 Å². The first-order valence-electron chi connectivity index (χ1n) is 9.26. The molecule has 0 spiro atoms. The Hall–Kier alpha value is -1.24. The van der Waals surface area contributed by atoms with Crippen molar-refractivity contribution in [3.05, 3.63) is 58.7 Å². The van der Waals surface area contributed by atoms with E-state index in [1.54, 1.807) is 22.7 Å². The zero-order valence-electron chi connectivity index (χ0n) is 16.7. The Morgan fingerprint density at radius 2 is 1.32 bits per heavy atom. The van der Waals surface area contributed by atoms with Crippen LogP contribution in [0.2, 0.25) is 0 Å². The fraction of sp³-hybridized carbons (Fsp3) is 0.478. The number of benzene rings is 2. The van der Waals surface area contributed by atoms with E-state index < -0.39 is 0 Å². The Labute approximate surface area is 160 Å². The maximum atomic E-state index is 5.27. The van der Waals surface area contributed by atoms with Gasteiger partial charge in [0.05, 0.1) is 0 Å². The average Bonchev–Trinajstić information content (AvgIpc) is 2.59. The summed E-state index contributed by atoms with van der Waals surface area (Å²) in [5, 5.41) is 1.14. The van der Waals surface area contributed by atoms with Gasteiger partial charge in [-0.05, 0) is 0 Å². The fourth-order valence-corrected chi connectivity index (χ4v) is 5.93. The number of rotatable bonds is 7. The van der Waals surface area contributed by atoms with Gasteiger partial charge in [-0.3, -0.25) is 0 Å². The van der Waals surface area contributed by atoms with Crippen LogP contribution in [-0.4, -0.2) is 22.1 Å². The first kappa shape index (κ1) is 20.1. The summed E-state index contributed by atoms with van der Waals surface area (Å²) in [5.74, 6) is 2.66. The van der Waals surface area contributed by atoms with E-state index in [1.165, 1.54) is 11.1 Å². The maximum absolute atomic E-state index is 5.27. The Bertz CT molecular complexity index is 655. The van der Waals surface area contributed by atoms with Gasteiger partial charge in [0.1, 0.15) is 0 Å². The molecule has 0 bridgehead atoms. The van der Waals surface area contributed by atoms with Crippen LogP contribution in [0.1, 0.15) is 81.5 Å². The third-order valence-electron chi connectivity index (χ3n) is 4.62. The van der Waals surface area contributed by atoms with Gasteiger partial charge in [-0.15, -0.1) is 0 Å². The summed E-state index contributed by atoms with van der Waals surface area (Å²) in [6.07, 6.45) is 0. The molecule has 1 nitrogen and oxygen atoms in total. The van der Waals surface area contributed by atoms with Gasteiger partial charge >= 0.3 is 160 Å². The van der Waals surface area contributed by atoms with E-state index in [9.17, 15) is 0 Å². The Morgan fingerprint density at radius 3 is 1.72 bits per heavy atom. The minimum absolute atomic E-state index is 0.448. The van der Waals surface area contributed by atoms with E-state index in [0.29, 0.717) is 32.7 Å². The molecule has 0 aliphatic heterocycles. The van der Waals surface area contributed by atoms with Crippen LogP contribution in [0, 0.1) is 0 Å². The standard InChI is InChI=1S/C23H32OSe/c1-15(2)19-12-21(16(3)4)23(22(13-19)17(5)6)25-14-18-8-10-20(24-7)11-9-18/h8-13,15-17H,14H2,1-7H3. The van der Waals surface area contributed by atoms with E-state index in [1.807, 2.05) is 0 Å². The van der Waals surface area contributed by atoms with Crippen LogP contribution < -0.4 is 9.20 Å². The number of hydrogen-bond acceptors (Lipinski definition) is 1. The molecule has 2 rings (SSSR count). The second-order valence-electron chi connectivity index (χ2n) is 7.63. The molecule has 25 heavy (non-hydrogen) atoms. The van der Waals surface area contributed by atoms with E-state index in [-0.39, 0.29) is 0 Å². The van der Waals surface area contributed by atoms with E-state index in [2.05, 4.69) is 77.9 Å². The minimum atomic E-state index is 0.448. The van der Waals surface area contributed by atoms with Gasteiger partial charge < -0.3 is 0 Å². The monoisotopic (exact) mass is 404 g/mol. The first-order valence-corrected chi connectivity index (χ1v) is 11.3. The van der Waals surface area contributed by atoms with Gasteiger partial charge in [0, 0.05) is 0 Å². The van der Waals surface area contributed by atoms with Crippen molar-refractivity contribution in [2.24, 2.45) is 0 Å². The zero-order chi connectivity index (χ0) is 18.6. The van der Waals surface area contributed by atoms with Gasteiger partial charge in [-0.25, -0.2) is 0 Å². The van der Waals surface area contributed by atoms with Crippen LogP contribution in [0.25, 0.3) is 0 Å². The fourth-order valence-electron chi connectivity index (χ4n) is 2.93. The zero-order valence-corrected chi connectivity index (χ0v) is 18.4. The van der Waals surface area contributed by atoms with Gasteiger partial charge in [0.15, 0.2) is 0 Å². The molecule has 2 aromatic rings. The molecule has 0 aromatic heterocycles. The Kier molecular flexibility index (Phi) is 7.16. The van der Waals surface area contributed by atoms with E-state index >= 15 is 0 Å². The molecule has 0 fully saturated rings. The number of ether oxygens (including phenoxy) is 1. The van der Waals surface area contributed by atoms with Crippen LogP contribution in [0.4, 0.5) is 0 Å². The molecule has 0 aliphatic carbocycles. The predicted octanol–water partition coefficient (Wildman–Crippen LogP) is 5.60. The molecule has 0 saturated carbocycles. The molecule has 0 atom stereocenters. The summed E-state index contributed by atoms with van der Waals surface area (Å²) >= 11 is 0.448. The van der Waals surface area contributed by atoms with Crippen molar-refractivity contribution in [2.45, 2.75) is 64.6 Å². The predicted molar refractivity (Wildman–Crippen MR) is 111 cm³/mol. The molecule has 0 unspecified atom stereocenters. The molecule has 2 aromatic carbocycles. The summed E-state index contributed by atoms with van der Waals surface area (Å²) in [6.45, 7) is 13.9. The molecule has 2 heteroatoms. The average molecular weight is 403 g/mol. The van der Waals surface area contributed by atoms with Crippen molar-refractivity contribution < 1.29 is 4.74 Å². The SMILES string of the molecule is COc1ccc(C[Se]c2c(C(C)C)cc(C(C)C)cc2C(C)C)cc1.